The Morgan fingerprint density at radius 3 is 2.24 bits per heavy atom. The van der Waals surface area contributed by atoms with Crippen molar-refractivity contribution in [1.82, 2.24) is 0 Å². The van der Waals surface area contributed by atoms with Gasteiger partial charge in [-0.05, 0) is 34.9 Å². The molecule has 33 heavy (non-hydrogen) atoms. The van der Waals surface area contributed by atoms with E-state index in [1.54, 1.807) is 16.0 Å². The Kier molecular flexibility index (Phi) is 8.85. The maximum atomic E-state index is 4.19. The molecule has 0 N–H and O–H groups in total. The summed E-state index contributed by atoms with van der Waals surface area (Å²) in [5.41, 5.74) is 9.82. The maximum absolute atomic E-state index is 4.19. The Hall–Kier alpha value is -1.38. The van der Waals surface area contributed by atoms with E-state index in [0.717, 1.165) is 6.42 Å². The first-order chi connectivity index (χ1) is 14.4. The van der Waals surface area contributed by atoms with Crippen LogP contribution in [0.1, 0.15) is 25.0 Å². The van der Waals surface area contributed by atoms with Crippen LogP contribution in [0.25, 0.3) is 21.9 Å². The number of halogens is 2. The van der Waals surface area contributed by atoms with E-state index in [2.05, 4.69) is 93.5 Å². The largest absolute Gasteiger partial charge is 3.00 e. The van der Waals surface area contributed by atoms with E-state index >= 15 is 0 Å². The molecule has 5 heteroatoms. The predicted octanol–water partition coefficient (Wildman–Crippen LogP) is 1.48. The number of allylic oxidation sites excluding steroid dienone is 5. The van der Waals surface area contributed by atoms with E-state index < -0.39 is 8.07 Å². The van der Waals surface area contributed by atoms with Crippen molar-refractivity contribution in [2.75, 3.05) is 0 Å². The van der Waals surface area contributed by atoms with Crippen molar-refractivity contribution < 1.29 is 51.0 Å². The van der Waals surface area contributed by atoms with Crippen molar-refractivity contribution >= 4 is 25.1 Å². The molecule has 4 aliphatic rings. The van der Waals surface area contributed by atoms with Gasteiger partial charge in [-0.1, -0.05) is 68.4 Å². The number of nitrogens with zero attached hydrogens (tertiary/aromatic N) is 1. The first-order valence-corrected chi connectivity index (χ1v) is 13.9. The Labute approximate surface area is 230 Å². The summed E-state index contributed by atoms with van der Waals surface area (Å²) >= 11 is 0. The summed E-state index contributed by atoms with van der Waals surface area (Å²) in [6, 6.07) is 20.0. The Morgan fingerprint density at radius 2 is 1.64 bits per heavy atom. The fourth-order valence-electron chi connectivity index (χ4n) is 5.48. The summed E-state index contributed by atoms with van der Waals surface area (Å²) in [6.07, 6.45) is 5.16. The molecule has 1 radical (unpaired) electrons. The molecule has 0 saturated heterocycles. The number of aryl methyl sites for hydroxylation is 2. The van der Waals surface area contributed by atoms with Crippen molar-refractivity contribution in [3.05, 3.63) is 99.0 Å². The van der Waals surface area contributed by atoms with Crippen molar-refractivity contribution in [1.29, 1.82) is 0 Å². The third kappa shape index (κ3) is 4.50. The SMILES string of the molecule is CC1=C2C3=CN=CC3=C1[Si]2(C)C.CCc1ccc(-c2cccc3[cH-]c(C)cc23)cc1.[Cl-].[Cl-].[Zr+3]. The molecule has 3 aromatic carbocycles. The van der Waals surface area contributed by atoms with Crippen molar-refractivity contribution in [2.45, 2.75) is 40.3 Å². The van der Waals surface area contributed by atoms with Gasteiger partial charge in [0.15, 0.2) is 0 Å². The minimum atomic E-state index is -1.11. The summed E-state index contributed by atoms with van der Waals surface area (Å²) < 4.78 is 0. The van der Waals surface area contributed by atoms with Crippen molar-refractivity contribution in [2.24, 2.45) is 4.99 Å². The molecule has 0 unspecified atom stereocenters. The van der Waals surface area contributed by atoms with Gasteiger partial charge in [-0.2, -0.15) is 6.07 Å². The second kappa shape index (κ2) is 10.5. The minimum Gasteiger partial charge on any atom is -1.00 e. The molecule has 0 atom stereocenters. The van der Waals surface area contributed by atoms with E-state index in [9.17, 15) is 0 Å². The van der Waals surface area contributed by atoms with Crippen LogP contribution in [0, 0.1) is 6.92 Å². The molecular weight excluding hydrogens is 541 g/mol. The van der Waals surface area contributed by atoms with E-state index in [1.165, 1.54) is 44.2 Å². The Morgan fingerprint density at radius 1 is 0.939 bits per heavy atom. The zero-order chi connectivity index (χ0) is 21.0. The van der Waals surface area contributed by atoms with Crippen LogP contribution in [0.3, 0.4) is 0 Å². The van der Waals surface area contributed by atoms with Gasteiger partial charge in [0.1, 0.15) is 8.07 Å². The zero-order valence-corrected chi connectivity index (χ0v) is 24.7. The smallest absolute Gasteiger partial charge is 1.00 e. The molecule has 1 nitrogen and oxygen atoms in total. The Balaban J connectivity index is 0.000000227. The molecule has 7 rings (SSSR count). The minimum absolute atomic E-state index is 0. The van der Waals surface area contributed by atoms with Gasteiger partial charge in [-0.15, -0.1) is 34.5 Å². The summed E-state index contributed by atoms with van der Waals surface area (Å²) in [5, 5.41) is 6.01. The van der Waals surface area contributed by atoms with Crippen LogP contribution in [0.4, 0.5) is 0 Å². The second-order valence-corrected chi connectivity index (χ2v) is 13.4. The first kappa shape index (κ1) is 27.9. The quantitative estimate of drug-likeness (QED) is 0.328. The van der Waals surface area contributed by atoms with Crippen LogP contribution in [0.5, 0.6) is 0 Å². The molecule has 0 saturated carbocycles. The number of aliphatic imine (C=N–C) groups is 1. The van der Waals surface area contributed by atoms with Crippen LogP contribution in [-0.2, 0) is 32.6 Å². The summed E-state index contributed by atoms with van der Waals surface area (Å²) in [5.74, 6) is 0. The number of hydrogen-bond donors (Lipinski definition) is 0. The summed E-state index contributed by atoms with van der Waals surface area (Å²) in [4.78, 5) is 4.19. The van der Waals surface area contributed by atoms with Crippen molar-refractivity contribution in [3.8, 4) is 11.1 Å². The van der Waals surface area contributed by atoms with Gasteiger partial charge in [0, 0.05) is 23.6 Å². The van der Waals surface area contributed by atoms with Gasteiger partial charge >= 0.3 is 26.2 Å². The molecule has 3 aromatic rings. The van der Waals surface area contributed by atoms with E-state index in [0.29, 0.717) is 0 Å². The third-order valence-electron chi connectivity index (χ3n) is 6.80. The molecule has 3 heterocycles. The zero-order valence-electron chi connectivity index (χ0n) is 19.8. The van der Waals surface area contributed by atoms with E-state index in [-0.39, 0.29) is 51.0 Å². The predicted molar refractivity (Wildman–Crippen MR) is 133 cm³/mol. The molecule has 0 amide bonds. The number of hydrogen-bond acceptors (Lipinski definition) is 1. The van der Waals surface area contributed by atoms with Gasteiger partial charge in [0.2, 0.25) is 0 Å². The number of rotatable bonds is 2. The molecule has 167 valence electrons. The van der Waals surface area contributed by atoms with E-state index in [4.69, 9.17) is 0 Å². The monoisotopic (exact) mass is 566 g/mol. The average Bonchev–Trinajstić information content (AvgIpc) is 3.44. The molecule has 1 aliphatic carbocycles. The normalized spacial score (nSPS) is 16.1. The van der Waals surface area contributed by atoms with Crippen LogP contribution in [0.2, 0.25) is 13.1 Å². The molecule has 0 aromatic heterocycles. The van der Waals surface area contributed by atoms with Crippen LogP contribution in [-0.4, -0.2) is 14.3 Å². The van der Waals surface area contributed by atoms with Crippen LogP contribution < -0.4 is 24.8 Å². The van der Waals surface area contributed by atoms with Crippen LogP contribution in [0.15, 0.2) is 92.9 Å². The van der Waals surface area contributed by atoms with Crippen LogP contribution >= 0.6 is 0 Å². The second-order valence-electron chi connectivity index (χ2n) is 9.13. The van der Waals surface area contributed by atoms with Gasteiger partial charge < -0.3 is 24.8 Å². The maximum Gasteiger partial charge on any atom is 3.00 e. The molecule has 0 spiro atoms. The number of benzene rings is 2. The van der Waals surface area contributed by atoms with Gasteiger partial charge in [0.25, 0.3) is 0 Å². The summed E-state index contributed by atoms with van der Waals surface area (Å²) in [7, 11) is -1.11. The molecule has 2 bridgehead atoms. The first-order valence-electron chi connectivity index (χ1n) is 10.9. The molecule has 3 aliphatic heterocycles. The fourth-order valence-corrected chi connectivity index (χ4v) is 9.42. The van der Waals surface area contributed by atoms with Crippen molar-refractivity contribution in [3.63, 3.8) is 0 Å². The average molecular weight is 569 g/mol. The molecule has 0 fully saturated rings. The fraction of sp³-hybridized carbons (Fsp3) is 0.214. The standard InChI is InChI=1S/C18H17.C10H11NSi.2ClH.Zr/c1-3-14-7-9-15(10-8-14)17-6-4-5-16-11-13(2)12-18(16)17;1-6-9-7-4-11-5-8(7)10(6)12(9,2)3;;;/h4-12H,3H2,1-2H3;4-5H,1-3H3;2*1H;/q-1;;;;+3/p-2. The summed E-state index contributed by atoms with van der Waals surface area (Å²) in [6.45, 7) is 11.5. The van der Waals surface area contributed by atoms with E-state index in [1.807, 2.05) is 12.4 Å². The van der Waals surface area contributed by atoms with Gasteiger partial charge in [-0.3, -0.25) is 4.99 Å². The van der Waals surface area contributed by atoms with Gasteiger partial charge in [-0.25, -0.2) is 0 Å². The topological polar surface area (TPSA) is 12.4 Å². The Bertz CT molecular complexity index is 1310. The van der Waals surface area contributed by atoms with Gasteiger partial charge in [0.05, 0.1) is 0 Å². The third-order valence-corrected chi connectivity index (χ3v) is 10.6. The number of fused-ring (bicyclic) bond motifs is 1. The molecular formula is C28H28Cl2NSiZr.